The van der Waals surface area contributed by atoms with E-state index in [-0.39, 0.29) is 18.5 Å². The molecule has 8 atom stereocenters. The zero-order valence-corrected chi connectivity index (χ0v) is 18.7. The average molecular weight is 400 g/mol. The summed E-state index contributed by atoms with van der Waals surface area (Å²) in [6, 6.07) is 0.435. The number of aliphatic hydroxyl groups is 2. The molecule has 4 rings (SSSR count). The van der Waals surface area contributed by atoms with E-state index in [1.165, 1.54) is 32.1 Å². The van der Waals surface area contributed by atoms with Crippen LogP contribution < -0.4 is 5.32 Å². The molecule has 4 saturated carbocycles. The Labute approximate surface area is 172 Å². The molecular formula is C23H42ClNO2. The van der Waals surface area contributed by atoms with Gasteiger partial charge < -0.3 is 15.5 Å². The van der Waals surface area contributed by atoms with E-state index in [4.69, 9.17) is 0 Å². The first-order valence-electron chi connectivity index (χ1n) is 11.3. The summed E-state index contributed by atoms with van der Waals surface area (Å²) >= 11 is 0. The van der Waals surface area contributed by atoms with Gasteiger partial charge in [-0.25, -0.2) is 0 Å². The van der Waals surface area contributed by atoms with Gasteiger partial charge in [-0.3, -0.25) is 0 Å². The van der Waals surface area contributed by atoms with Crippen LogP contribution in [0.1, 0.15) is 85.5 Å². The Morgan fingerprint density at radius 2 is 1.78 bits per heavy atom. The van der Waals surface area contributed by atoms with Gasteiger partial charge in [-0.1, -0.05) is 27.7 Å². The minimum absolute atomic E-state index is 0. The lowest BCUT2D eigenvalue weighted by molar-refractivity contribution is -0.120. The van der Waals surface area contributed by atoms with Crippen LogP contribution in [-0.2, 0) is 0 Å². The first kappa shape index (κ1) is 21.9. The Morgan fingerprint density at radius 3 is 2.48 bits per heavy atom. The third-order valence-electron chi connectivity index (χ3n) is 9.33. The Bertz CT molecular complexity index is 542. The van der Waals surface area contributed by atoms with E-state index in [1.54, 1.807) is 0 Å². The van der Waals surface area contributed by atoms with Gasteiger partial charge in [0.2, 0.25) is 0 Å². The van der Waals surface area contributed by atoms with Gasteiger partial charge in [-0.15, -0.1) is 12.4 Å². The molecule has 0 saturated heterocycles. The summed E-state index contributed by atoms with van der Waals surface area (Å²) in [7, 11) is 0. The summed E-state index contributed by atoms with van der Waals surface area (Å²) in [5, 5.41) is 25.1. The molecule has 0 aliphatic heterocycles. The summed E-state index contributed by atoms with van der Waals surface area (Å²) < 4.78 is 0. The van der Waals surface area contributed by atoms with E-state index in [0.717, 1.165) is 50.0 Å². The van der Waals surface area contributed by atoms with Gasteiger partial charge in [0.25, 0.3) is 0 Å². The van der Waals surface area contributed by atoms with E-state index in [9.17, 15) is 10.2 Å². The molecule has 0 bridgehead atoms. The van der Waals surface area contributed by atoms with Gasteiger partial charge >= 0.3 is 0 Å². The Hall–Kier alpha value is 0.170. The SMILES string of the molecule is CC(C)NCC1(O)CC2C3CCC4CC(O)CCC4(C)C3CCC2(C)C1.Cl. The fourth-order valence-corrected chi connectivity index (χ4v) is 8.01. The van der Waals surface area contributed by atoms with Crippen molar-refractivity contribution in [2.24, 2.45) is 34.5 Å². The quantitative estimate of drug-likeness (QED) is 0.652. The minimum Gasteiger partial charge on any atom is -0.393 e. The van der Waals surface area contributed by atoms with Crippen LogP contribution in [0.25, 0.3) is 0 Å². The highest BCUT2D eigenvalue weighted by Crippen LogP contribution is 2.67. The predicted octanol–water partition coefficient (Wildman–Crippen LogP) is 4.54. The Morgan fingerprint density at radius 1 is 1.04 bits per heavy atom. The van der Waals surface area contributed by atoms with Gasteiger partial charge in [-0.2, -0.15) is 0 Å². The summed E-state index contributed by atoms with van der Waals surface area (Å²) in [5.74, 6) is 3.01. The molecule has 0 radical (unpaired) electrons. The predicted molar refractivity (Wildman–Crippen MR) is 113 cm³/mol. The van der Waals surface area contributed by atoms with Crippen LogP contribution in [0.4, 0.5) is 0 Å². The molecule has 0 spiro atoms. The van der Waals surface area contributed by atoms with Gasteiger partial charge in [0.1, 0.15) is 0 Å². The first-order chi connectivity index (χ1) is 12.2. The van der Waals surface area contributed by atoms with Gasteiger partial charge in [0.15, 0.2) is 0 Å². The van der Waals surface area contributed by atoms with Crippen molar-refractivity contribution in [3.8, 4) is 0 Å². The normalized spacial score (nSPS) is 51.9. The van der Waals surface area contributed by atoms with Crippen molar-refractivity contribution in [1.82, 2.24) is 5.32 Å². The molecule has 158 valence electrons. The van der Waals surface area contributed by atoms with Crippen molar-refractivity contribution in [1.29, 1.82) is 0 Å². The van der Waals surface area contributed by atoms with Gasteiger partial charge in [-0.05, 0) is 92.3 Å². The monoisotopic (exact) mass is 399 g/mol. The zero-order valence-electron chi connectivity index (χ0n) is 17.8. The van der Waals surface area contributed by atoms with Crippen molar-refractivity contribution in [3.05, 3.63) is 0 Å². The second-order valence-corrected chi connectivity index (χ2v) is 11.4. The third-order valence-corrected chi connectivity index (χ3v) is 9.33. The fourth-order valence-electron chi connectivity index (χ4n) is 8.01. The van der Waals surface area contributed by atoms with Crippen LogP contribution >= 0.6 is 12.4 Å². The number of fused-ring (bicyclic) bond motifs is 5. The molecule has 4 aliphatic rings. The van der Waals surface area contributed by atoms with Crippen molar-refractivity contribution in [3.63, 3.8) is 0 Å². The van der Waals surface area contributed by atoms with Crippen molar-refractivity contribution < 1.29 is 10.2 Å². The van der Waals surface area contributed by atoms with Crippen LogP contribution in [0.5, 0.6) is 0 Å². The van der Waals surface area contributed by atoms with Crippen LogP contribution in [0.3, 0.4) is 0 Å². The maximum Gasteiger partial charge on any atom is 0.0779 e. The van der Waals surface area contributed by atoms with Crippen LogP contribution in [0.2, 0.25) is 0 Å². The fraction of sp³-hybridized carbons (Fsp3) is 1.00. The zero-order chi connectivity index (χ0) is 18.7. The molecule has 27 heavy (non-hydrogen) atoms. The summed E-state index contributed by atoms with van der Waals surface area (Å²) in [4.78, 5) is 0. The molecule has 0 aromatic rings. The number of hydrogen-bond acceptors (Lipinski definition) is 3. The molecular weight excluding hydrogens is 358 g/mol. The lowest BCUT2D eigenvalue weighted by Crippen LogP contribution is -2.53. The lowest BCUT2D eigenvalue weighted by atomic mass is 9.45. The molecule has 0 heterocycles. The van der Waals surface area contributed by atoms with E-state index in [2.05, 4.69) is 33.0 Å². The molecule has 4 fully saturated rings. The van der Waals surface area contributed by atoms with Gasteiger partial charge in [0, 0.05) is 12.6 Å². The highest BCUT2D eigenvalue weighted by atomic mass is 35.5. The number of rotatable bonds is 3. The largest absolute Gasteiger partial charge is 0.393 e. The second kappa shape index (κ2) is 7.45. The summed E-state index contributed by atoms with van der Waals surface area (Å²) in [6.45, 7) is 10.1. The Balaban J connectivity index is 0.00000210. The number of aliphatic hydroxyl groups excluding tert-OH is 1. The number of nitrogens with one attached hydrogen (secondary N) is 1. The van der Waals surface area contributed by atoms with E-state index in [1.807, 2.05) is 0 Å². The molecule has 0 aromatic heterocycles. The van der Waals surface area contributed by atoms with Crippen molar-refractivity contribution in [2.75, 3.05) is 6.54 Å². The van der Waals surface area contributed by atoms with E-state index < -0.39 is 5.60 Å². The number of hydrogen-bond donors (Lipinski definition) is 3. The molecule has 3 N–H and O–H groups in total. The van der Waals surface area contributed by atoms with Crippen molar-refractivity contribution >= 4 is 12.4 Å². The van der Waals surface area contributed by atoms with Crippen molar-refractivity contribution in [2.45, 2.75) is 103 Å². The van der Waals surface area contributed by atoms with E-state index >= 15 is 0 Å². The summed E-state index contributed by atoms with van der Waals surface area (Å²) in [5.41, 5.74) is 0.241. The minimum atomic E-state index is -0.515. The first-order valence-corrected chi connectivity index (χ1v) is 11.3. The molecule has 4 heteroatoms. The van der Waals surface area contributed by atoms with E-state index in [0.29, 0.717) is 22.8 Å². The van der Waals surface area contributed by atoms with Crippen LogP contribution in [0, 0.1) is 34.5 Å². The molecule has 0 aromatic carbocycles. The maximum atomic E-state index is 11.4. The smallest absolute Gasteiger partial charge is 0.0779 e. The second-order valence-electron chi connectivity index (χ2n) is 11.4. The summed E-state index contributed by atoms with van der Waals surface area (Å²) in [6.07, 6.45) is 10.4. The molecule has 4 aliphatic carbocycles. The topological polar surface area (TPSA) is 52.5 Å². The number of halogens is 1. The molecule has 8 unspecified atom stereocenters. The van der Waals surface area contributed by atoms with Crippen LogP contribution in [-0.4, -0.2) is 34.5 Å². The molecule has 3 nitrogen and oxygen atoms in total. The van der Waals surface area contributed by atoms with Crippen LogP contribution in [0.15, 0.2) is 0 Å². The maximum absolute atomic E-state index is 11.4. The highest BCUT2D eigenvalue weighted by Gasteiger charge is 2.61. The third kappa shape index (κ3) is 3.71. The molecule has 0 amide bonds. The lowest BCUT2D eigenvalue weighted by Gasteiger charge is -2.60. The van der Waals surface area contributed by atoms with Gasteiger partial charge in [0.05, 0.1) is 11.7 Å². The standard InChI is InChI=1S/C23H41NO2.ClH/c1-15(2)24-14-23(26)12-20-18-6-5-16-11-17(25)7-10-22(16,4)19(18)8-9-21(20,3)13-23;/h15-20,24-26H,5-14H2,1-4H3;1H. The Kier molecular flexibility index (Phi) is 6.04. The average Bonchev–Trinajstić information content (AvgIpc) is 2.85. The highest BCUT2D eigenvalue weighted by molar-refractivity contribution is 5.85.